The van der Waals surface area contributed by atoms with Gasteiger partial charge in [0.2, 0.25) is 0 Å². The van der Waals surface area contributed by atoms with Crippen LogP contribution in [0.2, 0.25) is 0 Å². The third kappa shape index (κ3) is 1.96. The number of halogens is 1. The van der Waals surface area contributed by atoms with Gasteiger partial charge in [-0.2, -0.15) is 4.98 Å². The molecular formula is C10H8BrNO2. The van der Waals surface area contributed by atoms with E-state index in [0.717, 1.165) is 11.3 Å². The molecule has 72 valence electrons. The van der Waals surface area contributed by atoms with Crippen LogP contribution < -0.4 is 4.74 Å². The number of benzene rings is 1. The standard InChI is InChI=1S/C10H8BrNO2/c1-7-4-2-3-5-8(7)13-10-12-6-9(11)14-10/h2-6H,1H3. The van der Waals surface area contributed by atoms with Crippen molar-refractivity contribution < 1.29 is 9.15 Å². The van der Waals surface area contributed by atoms with Crippen molar-refractivity contribution in [1.29, 1.82) is 0 Å². The van der Waals surface area contributed by atoms with Gasteiger partial charge >= 0.3 is 6.08 Å². The molecule has 0 atom stereocenters. The number of rotatable bonds is 2. The highest BCUT2D eigenvalue weighted by atomic mass is 79.9. The van der Waals surface area contributed by atoms with Crippen LogP contribution in [0.4, 0.5) is 0 Å². The lowest BCUT2D eigenvalue weighted by Gasteiger charge is -2.02. The molecule has 4 heteroatoms. The van der Waals surface area contributed by atoms with Crippen molar-refractivity contribution in [2.45, 2.75) is 6.92 Å². The van der Waals surface area contributed by atoms with Crippen LogP contribution in [-0.4, -0.2) is 4.98 Å². The number of ether oxygens (including phenoxy) is 1. The van der Waals surface area contributed by atoms with Crippen molar-refractivity contribution in [2.24, 2.45) is 0 Å². The van der Waals surface area contributed by atoms with Gasteiger partial charge < -0.3 is 9.15 Å². The molecular weight excluding hydrogens is 246 g/mol. The zero-order valence-corrected chi connectivity index (χ0v) is 9.11. The van der Waals surface area contributed by atoms with Crippen LogP contribution in [0, 0.1) is 6.92 Å². The van der Waals surface area contributed by atoms with Gasteiger partial charge in [-0.15, -0.1) is 0 Å². The Morgan fingerprint density at radius 1 is 1.36 bits per heavy atom. The summed E-state index contributed by atoms with van der Waals surface area (Å²) in [5, 5.41) is 0. The monoisotopic (exact) mass is 253 g/mol. The highest BCUT2D eigenvalue weighted by Gasteiger charge is 2.05. The van der Waals surface area contributed by atoms with Gasteiger partial charge in [-0.05, 0) is 34.5 Å². The van der Waals surface area contributed by atoms with E-state index in [1.165, 1.54) is 0 Å². The Bertz CT molecular complexity index is 439. The second kappa shape index (κ2) is 3.84. The molecule has 0 bridgehead atoms. The Morgan fingerprint density at radius 3 is 2.79 bits per heavy atom. The molecule has 0 spiro atoms. The van der Waals surface area contributed by atoms with Gasteiger partial charge in [0.25, 0.3) is 0 Å². The molecule has 0 amide bonds. The van der Waals surface area contributed by atoms with E-state index in [-0.39, 0.29) is 6.08 Å². The minimum atomic E-state index is 0.242. The largest absolute Gasteiger partial charge is 0.411 e. The van der Waals surface area contributed by atoms with Crippen molar-refractivity contribution >= 4 is 15.9 Å². The van der Waals surface area contributed by atoms with Gasteiger partial charge in [0.15, 0.2) is 4.67 Å². The summed E-state index contributed by atoms with van der Waals surface area (Å²) in [7, 11) is 0. The normalized spacial score (nSPS) is 10.1. The Hall–Kier alpha value is -1.29. The molecule has 14 heavy (non-hydrogen) atoms. The lowest BCUT2D eigenvalue weighted by Crippen LogP contribution is -1.86. The second-order valence-corrected chi connectivity index (χ2v) is 3.58. The number of hydrogen-bond donors (Lipinski definition) is 0. The second-order valence-electron chi connectivity index (χ2n) is 2.80. The Balaban J connectivity index is 2.23. The minimum Gasteiger partial charge on any atom is -0.411 e. The quantitative estimate of drug-likeness (QED) is 0.822. The van der Waals surface area contributed by atoms with Gasteiger partial charge in [-0.1, -0.05) is 18.2 Å². The summed E-state index contributed by atoms with van der Waals surface area (Å²) in [5.41, 5.74) is 1.04. The molecule has 2 rings (SSSR count). The molecule has 1 aromatic heterocycles. The summed E-state index contributed by atoms with van der Waals surface area (Å²) >= 11 is 3.15. The average Bonchev–Trinajstić information content (AvgIpc) is 2.56. The third-order valence-corrected chi connectivity index (χ3v) is 2.11. The molecule has 1 heterocycles. The van der Waals surface area contributed by atoms with Crippen molar-refractivity contribution in [3.05, 3.63) is 40.7 Å². The van der Waals surface area contributed by atoms with Gasteiger partial charge in [0.1, 0.15) is 5.75 Å². The maximum Gasteiger partial charge on any atom is 0.400 e. The van der Waals surface area contributed by atoms with Crippen molar-refractivity contribution in [3.8, 4) is 11.8 Å². The number of aromatic nitrogens is 1. The number of oxazole rings is 1. The zero-order chi connectivity index (χ0) is 9.97. The van der Waals surface area contributed by atoms with Gasteiger partial charge in [-0.25, -0.2) is 0 Å². The molecule has 0 saturated carbocycles. The zero-order valence-electron chi connectivity index (χ0n) is 7.53. The Labute approximate surface area is 89.8 Å². The lowest BCUT2D eigenvalue weighted by molar-refractivity contribution is 0.322. The van der Waals surface area contributed by atoms with Gasteiger partial charge in [0.05, 0.1) is 6.20 Å². The smallest absolute Gasteiger partial charge is 0.400 e. The van der Waals surface area contributed by atoms with E-state index in [1.807, 2.05) is 31.2 Å². The molecule has 0 radical (unpaired) electrons. The molecule has 0 saturated heterocycles. The summed E-state index contributed by atoms with van der Waals surface area (Å²) < 4.78 is 11.1. The third-order valence-electron chi connectivity index (χ3n) is 1.75. The highest BCUT2D eigenvalue weighted by molar-refractivity contribution is 9.10. The van der Waals surface area contributed by atoms with E-state index in [4.69, 9.17) is 9.15 Å². The molecule has 1 aromatic carbocycles. The van der Waals surface area contributed by atoms with E-state index in [9.17, 15) is 0 Å². The SMILES string of the molecule is Cc1ccccc1Oc1ncc(Br)o1. The summed E-state index contributed by atoms with van der Waals surface area (Å²) in [6.07, 6.45) is 1.79. The summed E-state index contributed by atoms with van der Waals surface area (Å²) in [4.78, 5) is 3.92. The summed E-state index contributed by atoms with van der Waals surface area (Å²) in [6.45, 7) is 1.97. The van der Waals surface area contributed by atoms with Crippen LogP contribution in [0.5, 0.6) is 11.8 Å². The van der Waals surface area contributed by atoms with Crippen LogP contribution >= 0.6 is 15.9 Å². The van der Waals surface area contributed by atoms with E-state index in [2.05, 4.69) is 20.9 Å². The van der Waals surface area contributed by atoms with Crippen LogP contribution in [0.3, 0.4) is 0 Å². The predicted molar refractivity (Wildman–Crippen MR) is 55.5 cm³/mol. The maximum atomic E-state index is 5.42. The van der Waals surface area contributed by atoms with Crippen LogP contribution in [0.15, 0.2) is 39.5 Å². The van der Waals surface area contributed by atoms with Gasteiger partial charge in [-0.3, -0.25) is 0 Å². The number of hydrogen-bond acceptors (Lipinski definition) is 3. The average molecular weight is 254 g/mol. The fourth-order valence-electron chi connectivity index (χ4n) is 1.05. The van der Waals surface area contributed by atoms with E-state index in [0.29, 0.717) is 4.67 Å². The molecule has 0 aliphatic rings. The van der Waals surface area contributed by atoms with Crippen molar-refractivity contribution in [2.75, 3.05) is 0 Å². The fraction of sp³-hybridized carbons (Fsp3) is 0.100. The maximum absolute atomic E-state index is 5.42. The van der Waals surface area contributed by atoms with Crippen molar-refractivity contribution in [3.63, 3.8) is 0 Å². The predicted octanol–water partition coefficient (Wildman–Crippen LogP) is 3.54. The first-order valence-corrected chi connectivity index (χ1v) is 4.90. The van der Waals surface area contributed by atoms with Gasteiger partial charge in [0, 0.05) is 0 Å². The fourth-order valence-corrected chi connectivity index (χ4v) is 1.29. The Morgan fingerprint density at radius 2 is 2.14 bits per heavy atom. The summed E-state index contributed by atoms with van der Waals surface area (Å²) in [6, 6.07) is 7.69. The Kier molecular flexibility index (Phi) is 2.54. The first-order valence-electron chi connectivity index (χ1n) is 4.10. The van der Waals surface area contributed by atoms with Crippen molar-refractivity contribution in [1.82, 2.24) is 4.98 Å². The number of para-hydroxylation sites is 1. The van der Waals surface area contributed by atoms with E-state index in [1.54, 1.807) is 6.20 Å². The highest BCUT2D eigenvalue weighted by Crippen LogP contribution is 2.25. The first-order chi connectivity index (χ1) is 6.75. The van der Waals surface area contributed by atoms with Crippen LogP contribution in [0.25, 0.3) is 0 Å². The topological polar surface area (TPSA) is 35.3 Å². The molecule has 0 fully saturated rings. The lowest BCUT2D eigenvalue weighted by atomic mass is 10.2. The van der Waals surface area contributed by atoms with Crippen LogP contribution in [-0.2, 0) is 0 Å². The molecule has 3 nitrogen and oxygen atoms in total. The minimum absolute atomic E-state index is 0.242. The molecule has 0 aliphatic heterocycles. The molecule has 2 aromatic rings. The van der Waals surface area contributed by atoms with E-state index < -0.39 is 0 Å². The number of aryl methyl sites for hydroxylation is 1. The molecule has 0 unspecified atom stereocenters. The van der Waals surface area contributed by atoms with Crippen LogP contribution in [0.1, 0.15) is 5.56 Å². The number of nitrogens with zero attached hydrogens (tertiary/aromatic N) is 1. The molecule has 0 aliphatic carbocycles. The molecule has 0 N–H and O–H groups in total. The van der Waals surface area contributed by atoms with E-state index >= 15 is 0 Å². The first kappa shape index (κ1) is 9.27. The summed E-state index contributed by atoms with van der Waals surface area (Å²) in [5.74, 6) is 0.752.